The van der Waals surface area contributed by atoms with Crippen LogP contribution in [0.3, 0.4) is 0 Å². The van der Waals surface area contributed by atoms with Crippen molar-refractivity contribution < 1.29 is 14.1 Å². The van der Waals surface area contributed by atoms with Gasteiger partial charge in [0.1, 0.15) is 6.10 Å². The van der Waals surface area contributed by atoms with E-state index in [4.69, 9.17) is 9.26 Å². The van der Waals surface area contributed by atoms with Crippen molar-refractivity contribution in [3.8, 4) is 0 Å². The van der Waals surface area contributed by atoms with E-state index in [9.17, 15) is 4.79 Å². The van der Waals surface area contributed by atoms with Crippen molar-refractivity contribution in [2.45, 2.75) is 25.9 Å². The molecule has 1 atom stereocenters. The molecule has 1 saturated heterocycles. The standard InChI is InChI=1S/C15H18N4O3/c1-10(2)11-7-13(22-18-11)15(20)19-5-6-21-14(9-19)12-8-16-3-4-17-12/h3-4,7-8,10,14H,5-6,9H2,1-2H3/t14-/m0/s1. The molecule has 7 heteroatoms. The van der Waals surface area contributed by atoms with E-state index in [2.05, 4.69) is 15.1 Å². The first-order valence-corrected chi connectivity index (χ1v) is 7.28. The summed E-state index contributed by atoms with van der Waals surface area (Å²) in [6.45, 7) is 5.41. The van der Waals surface area contributed by atoms with Gasteiger partial charge in [-0.1, -0.05) is 19.0 Å². The van der Waals surface area contributed by atoms with Gasteiger partial charge in [0, 0.05) is 25.0 Å². The van der Waals surface area contributed by atoms with Crippen LogP contribution in [-0.2, 0) is 4.74 Å². The van der Waals surface area contributed by atoms with E-state index in [1.54, 1.807) is 29.6 Å². The molecule has 0 saturated carbocycles. The van der Waals surface area contributed by atoms with Gasteiger partial charge in [0.2, 0.25) is 5.76 Å². The molecule has 2 aromatic rings. The van der Waals surface area contributed by atoms with E-state index in [-0.39, 0.29) is 23.7 Å². The highest BCUT2D eigenvalue weighted by atomic mass is 16.5. The molecular weight excluding hydrogens is 284 g/mol. The lowest BCUT2D eigenvalue weighted by Crippen LogP contribution is -2.42. The van der Waals surface area contributed by atoms with Crippen molar-refractivity contribution in [3.63, 3.8) is 0 Å². The molecule has 3 heterocycles. The largest absolute Gasteiger partial charge is 0.368 e. The Morgan fingerprint density at radius 3 is 2.95 bits per heavy atom. The Labute approximate surface area is 128 Å². The molecule has 2 aromatic heterocycles. The second-order valence-electron chi connectivity index (χ2n) is 5.51. The number of morpholine rings is 1. The normalized spacial score (nSPS) is 18.7. The number of hydrogen-bond donors (Lipinski definition) is 0. The molecule has 0 N–H and O–H groups in total. The molecule has 1 fully saturated rings. The first-order valence-electron chi connectivity index (χ1n) is 7.28. The summed E-state index contributed by atoms with van der Waals surface area (Å²) in [5, 5.41) is 3.93. The first kappa shape index (κ1) is 14.6. The molecule has 0 radical (unpaired) electrons. The summed E-state index contributed by atoms with van der Waals surface area (Å²) in [5.41, 5.74) is 1.50. The Morgan fingerprint density at radius 2 is 2.27 bits per heavy atom. The zero-order chi connectivity index (χ0) is 15.5. The minimum atomic E-state index is -0.265. The van der Waals surface area contributed by atoms with Gasteiger partial charge in [-0.05, 0) is 5.92 Å². The summed E-state index contributed by atoms with van der Waals surface area (Å²) >= 11 is 0. The van der Waals surface area contributed by atoms with Crippen LogP contribution in [0.25, 0.3) is 0 Å². The predicted octanol–water partition coefficient (Wildman–Crippen LogP) is 1.80. The molecule has 1 aliphatic heterocycles. The Morgan fingerprint density at radius 1 is 1.41 bits per heavy atom. The van der Waals surface area contributed by atoms with Crippen LogP contribution in [0.1, 0.15) is 47.8 Å². The van der Waals surface area contributed by atoms with Crippen LogP contribution in [-0.4, -0.2) is 45.6 Å². The van der Waals surface area contributed by atoms with E-state index in [0.29, 0.717) is 19.7 Å². The number of ether oxygens (including phenoxy) is 1. The fraction of sp³-hybridized carbons (Fsp3) is 0.467. The van der Waals surface area contributed by atoms with Gasteiger partial charge in [-0.3, -0.25) is 14.8 Å². The summed E-state index contributed by atoms with van der Waals surface area (Å²) in [5.74, 6) is 0.322. The molecule has 116 valence electrons. The lowest BCUT2D eigenvalue weighted by molar-refractivity contribution is -0.0260. The van der Waals surface area contributed by atoms with Crippen LogP contribution in [0.4, 0.5) is 0 Å². The Kier molecular flexibility index (Phi) is 4.15. The lowest BCUT2D eigenvalue weighted by Gasteiger charge is -2.31. The Hall–Kier alpha value is -2.28. The van der Waals surface area contributed by atoms with E-state index >= 15 is 0 Å². The van der Waals surface area contributed by atoms with Gasteiger partial charge in [-0.15, -0.1) is 0 Å². The number of rotatable bonds is 3. The van der Waals surface area contributed by atoms with Crippen LogP contribution >= 0.6 is 0 Å². The van der Waals surface area contributed by atoms with E-state index < -0.39 is 0 Å². The molecule has 7 nitrogen and oxygen atoms in total. The summed E-state index contributed by atoms with van der Waals surface area (Å²) < 4.78 is 10.9. The molecule has 22 heavy (non-hydrogen) atoms. The van der Waals surface area contributed by atoms with Gasteiger partial charge in [-0.2, -0.15) is 0 Å². The third-order valence-corrected chi connectivity index (χ3v) is 3.60. The summed E-state index contributed by atoms with van der Waals surface area (Å²) in [7, 11) is 0. The van der Waals surface area contributed by atoms with Crippen molar-refractivity contribution in [2.24, 2.45) is 0 Å². The average Bonchev–Trinajstić information content (AvgIpc) is 3.05. The molecule has 0 bridgehead atoms. The van der Waals surface area contributed by atoms with E-state index in [1.807, 2.05) is 13.8 Å². The molecule has 0 aromatic carbocycles. The molecular formula is C15H18N4O3. The van der Waals surface area contributed by atoms with E-state index in [1.165, 1.54) is 0 Å². The molecule has 0 spiro atoms. The highest BCUT2D eigenvalue weighted by Gasteiger charge is 2.29. The second kappa shape index (κ2) is 6.23. The van der Waals surface area contributed by atoms with Gasteiger partial charge < -0.3 is 14.2 Å². The molecule has 0 unspecified atom stereocenters. The molecule has 0 aliphatic carbocycles. The predicted molar refractivity (Wildman–Crippen MR) is 77.2 cm³/mol. The number of carbonyl (C=O) groups is 1. The van der Waals surface area contributed by atoms with Gasteiger partial charge >= 0.3 is 0 Å². The molecule has 1 amide bonds. The maximum Gasteiger partial charge on any atom is 0.292 e. The number of carbonyl (C=O) groups excluding carboxylic acids is 1. The van der Waals surface area contributed by atoms with Crippen LogP contribution in [0.5, 0.6) is 0 Å². The number of amides is 1. The third-order valence-electron chi connectivity index (χ3n) is 3.60. The molecule has 1 aliphatic rings. The Balaban J connectivity index is 1.72. The number of nitrogens with zero attached hydrogens (tertiary/aromatic N) is 4. The first-order chi connectivity index (χ1) is 10.6. The highest BCUT2D eigenvalue weighted by Crippen LogP contribution is 2.22. The fourth-order valence-corrected chi connectivity index (χ4v) is 2.31. The van der Waals surface area contributed by atoms with Crippen molar-refractivity contribution >= 4 is 5.91 Å². The summed E-state index contributed by atoms with van der Waals surface area (Å²) in [4.78, 5) is 22.5. The SMILES string of the molecule is CC(C)c1cc(C(=O)N2CCO[C@H](c3cnccn3)C2)on1. The molecule has 3 rings (SSSR count). The summed E-state index contributed by atoms with van der Waals surface area (Å²) in [6.07, 6.45) is 4.62. The van der Waals surface area contributed by atoms with Gasteiger partial charge in [0.15, 0.2) is 0 Å². The second-order valence-corrected chi connectivity index (χ2v) is 5.51. The maximum absolute atomic E-state index is 12.5. The fourth-order valence-electron chi connectivity index (χ4n) is 2.31. The monoisotopic (exact) mass is 302 g/mol. The maximum atomic E-state index is 12.5. The van der Waals surface area contributed by atoms with Crippen molar-refractivity contribution in [2.75, 3.05) is 19.7 Å². The van der Waals surface area contributed by atoms with Crippen molar-refractivity contribution in [3.05, 3.63) is 41.8 Å². The van der Waals surface area contributed by atoms with Crippen LogP contribution < -0.4 is 0 Å². The number of hydrogen-bond acceptors (Lipinski definition) is 6. The number of aromatic nitrogens is 3. The van der Waals surface area contributed by atoms with Crippen LogP contribution in [0.15, 0.2) is 29.2 Å². The van der Waals surface area contributed by atoms with E-state index in [0.717, 1.165) is 11.4 Å². The minimum absolute atomic E-state index is 0.170. The minimum Gasteiger partial charge on any atom is -0.368 e. The third kappa shape index (κ3) is 2.99. The van der Waals surface area contributed by atoms with Gasteiger partial charge in [0.25, 0.3) is 5.91 Å². The Bertz CT molecular complexity index is 641. The van der Waals surface area contributed by atoms with Gasteiger partial charge in [-0.25, -0.2) is 0 Å². The summed E-state index contributed by atoms with van der Waals surface area (Å²) in [6, 6.07) is 1.71. The van der Waals surface area contributed by atoms with Crippen LogP contribution in [0.2, 0.25) is 0 Å². The highest BCUT2D eigenvalue weighted by molar-refractivity contribution is 5.91. The lowest BCUT2D eigenvalue weighted by atomic mass is 10.1. The van der Waals surface area contributed by atoms with Crippen LogP contribution in [0, 0.1) is 0 Å². The van der Waals surface area contributed by atoms with Crippen molar-refractivity contribution in [1.29, 1.82) is 0 Å². The zero-order valence-corrected chi connectivity index (χ0v) is 12.6. The topological polar surface area (TPSA) is 81.4 Å². The van der Waals surface area contributed by atoms with Crippen molar-refractivity contribution in [1.82, 2.24) is 20.0 Å². The smallest absolute Gasteiger partial charge is 0.292 e. The van der Waals surface area contributed by atoms with Gasteiger partial charge in [0.05, 0.1) is 30.7 Å². The quantitative estimate of drug-likeness (QED) is 0.860. The average molecular weight is 302 g/mol. The zero-order valence-electron chi connectivity index (χ0n) is 12.6.